The standard InChI is InChI=1S/C22H31F2N4O5P/c1-5-33-19(29)12-15-7-8-16(18(11-15)32-3)13-17-14(2)27-21(25)28-20(17)26-10-6-9-22(23,24)34(4,30)31/h7-8,11H,5-6,9-10,12-13H2,1-4H3,(H,30,31)(H3,25,26,27,28). The maximum atomic E-state index is 13.8. The predicted molar refractivity (Wildman–Crippen MR) is 126 cm³/mol. The number of benzene rings is 1. The summed E-state index contributed by atoms with van der Waals surface area (Å²) in [4.78, 5) is 29.4. The summed E-state index contributed by atoms with van der Waals surface area (Å²) in [7, 11) is -3.01. The second-order valence-corrected chi connectivity index (χ2v) is 10.3. The maximum Gasteiger partial charge on any atom is 0.321 e. The molecular formula is C22H31F2N4O5P. The molecule has 2 rings (SSSR count). The van der Waals surface area contributed by atoms with E-state index in [1.165, 1.54) is 7.11 Å². The lowest BCUT2D eigenvalue weighted by atomic mass is 10.0. The van der Waals surface area contributed by atoms with E-state index < -0.39 is 19.5 Å². The van der Waals surface area contributed by atoms with Crippen LogP contribution in [0.15, 0.2) is 18.2 Å². The second-order valence-electron chi connectivity index (χ2n) is 7.87. The monoisotopic (exact) mass is 500 g/mol. The Kier molecular flexibility index (Phi) is 9.35. The molecule has 0 spiro atoms. The van der Waals surface area contributed by atoms with Gasteiger partial charge in [-0.15, -0.1) is 0 Å². The van der Waals surface area contributed by atoms with Crippen molar-refractivity contribution in [3.8, 4) is 5.75 Å². The quantitative estimate of drug-likeness (QED) is 0.226. The molecular weight excluding hydrogens is 469 g/mol. The van der Waals surface area contributed by atoms with Gasteiger partial charge in [-0.05, 0) is 37.5 Å². The van der Waals surface area contributed by atoms with Gasteiger partial charge in [0, 0.05) is 37.3 Å². The Morgan fingerprint density at radius 2 is 2.03 bits per heavy atom. The van der Waals surface area contributed by atoms with Gasteiger partial charge in [-0.1, -0.05) is 12.1 Å². The third-order valence-electron chi connectivity index (χ3n) is 5.16. The molecule has 0 saturated heterocycles. The highest BCUT2D eigenvalue weighted by atomic mass is 31.2. The SMILES string of the molecule is CCOC(=O)Cc1ccc(Cc2c(C)nc(N)nc2NCCCC(F)(F)P(C)(=O)O)c(OC)c1. The average molecular weight is 500 g/mol. The summed E-state index contributed by atoms with van der Waals surface area (Å²) < 4.78 is 49.3. The van der Waals surface area contributed by atoms with E-state index in [1.54, 1.807) is 26.0 Å². The number of carbonyl (C=O) groups is 1. The highest BCUT2D eigenvalue weighted by Crippen LogP contribution is 2.55. The second kappa shape index (κ2) is 11.6. The van der Waals surface area contributed by atoms with Gasteiger partial charge in [0.25, 0.3) is 7.37 Å². The Bertz CT molecular complexity index is 1060. The molecule has 0 bridgehead atoms. The van der Waals surface area contributed by atoms with E-state index in [1.807, 2.05) is 6.07 Å². The minimum Gasteiger partial charge on any atom is -0.496 e. The van der Waals surface area contributed by atoms with Crippen molar-refractivity contribution in [2.24, 2.45) is 0 Å². The molecule has 12 heteroatoms. The molecule has 1 aromatic carbocycles. The molecule has 0 saturated carbocycles. The number of esters is 1. The van der Waals surface area contributed by atoms with Gasteiger partial charge in [0.2, 0.25) is 5.95 Å². The van der Waals surface area contributed by atoms with Crippen LogP contribution in [-0.4, -0.2) is 53.4 Å². The van der Waals surface area contributed by atoms with Crippen molar-refractivity contribution in [3.63, 3.8) is 0 Å². The summed E-state index contributed by atoms with van der Waals surface area (Å²) in [6, 6.07) is 5.38. The first-order chi connectivity index (χ1) is 15.9. The molecule has 188 valence electrons. The number of nitrogens with zero attached hydrogens (tertiary/aromatic N) is 2. The largest absolute Gasteiger partial charge is 0.496 e. The number of nitrogens with one attached hydrogen (secondary N) is 1. The van der Waals surface area contributed by atoms with Crippen LogP contribution in [0.4, 0.5) is 20.5 Å². The molecule has 2 aromatic rings. The number of hydrogen-bond donors (Lipinski definition) is 3. The van der Waals surface area contributed by atoms with Crippen molar-refractivity contribution in [2.75, 3.05) is 38.0 Å². The van der Waals surface area contributed by atoms with E-state index in [-0.39, 0.29) is 31.3 Å². The van der Waals surface area contributed by atoms with Gasteiger partial charge in [0.1, 0.15) is 11.6 Å². The van der Waals surface area contributed by atoms with Gasteiger partial charge in [-0.25, -0.2) is 4.98 Å². The summed E-state index contributed by atoms with van der Waals surface area (Å²) in [5.41, 5.74) is 4.96. The number of alkyl halides is 2. The van der Waals surface area contributed by atoms with Crippen LogP contribution < -0.4 is 15.8 Å². The lowest BCUT2D eigenvalue weighted by Gasteiger charge is -2.20. The average Bonchev–Trinajstić information content (AvgIpc) is 2.73. The number of methoxy groups -OCH3 is 1. The van der Waals surface area contributed by atoms with E-state index in [0.717, 1.165) is 11.1 Å². The Balaban J connectivity index is 2.20. The molecule has 1 unspecified atom stereocenters. The topological polar surface area (TPSA) is 137 Å². The first-order valence-electron chi connectivity index (χ1n) is 10.7. The van der Waals surface area contributed by atoms with E-state index in [2.05, 4.69) is 15.3 Å². The van der Waals surface area contributed by atoms with Gasteiger partial charge >= 0.3 is 11.6 Å². The van der Waals surface area contributed by atoms with Crippen LogP contribution in [0.2, 0.25) is 0 Å². The van der Waals surface area contributed by atoms with Crippen LogP contribution in [0, 0.1) is 6.92 Å². The molecule has 0 radical (unpaired) electrons. The first-order valence-corrected chi connectivity index (χ1v) is 12.8. The molecule has 0 fully saturated rings. The minimum absolute atomic E-state index is 0.0271. The third kappa shape index (κ3) is 7.36. The number of aromatic nitrogens is 2. The fourth-order valence-electron chi connectivity index (χ4n) is 3.30. The van der Waals surface area contributed by atoms with Gasteiger partial charge in [-0.3, -0.25) is 9.36 Å². The zero-order valence-corrected chi connectivity index (χ0v) is 20.6. The highest BCUT2D eigenvalue weighted by molar-refractivity contribution is 7.58. The van der Waals surface area contributed by atoms with Crippen LogP contribution in [0.3, 0.4) is 0 Å². The number of rotatable bonds is 12. The number of ether oxygens (including phenoxy) is 2. The molecule has 0 aliphatic rings. The first kappa shape index (κ1) is 27.5. The van der Waals surface area contributed by atoms with Crippen LogP contribution >= 0.6 is 7.37 Å². The van der Waals surface area contributed by atoms with Crippen molar-refractivity contribution in [2.45, 2.75) is 45.2 Å². The fraction of sp³-hybridized carbons (Fsp3) is 0.500. The molecule has 1 heterocycles. The molecule has 1 aromatic heterocycles. The molecule has 0 aliphatic heterocycles. The molecule has 1 atom stereocenters. The van der Waals surface area contributed by atoms with Crippen molar-refractivity contribution in [1.29, 1.82) is 0 Å². The van der Waals surface area contributed by atoms with Crippen LogP contribution in [0.5, 0.6) is 5.75 Å². The third-order valence-corrected chi connectivity index (χ3v) is 6.60. The predicted octanol–water partition coefficient (Wildman–Crippen LogP) is 3.76. The van der Waals surface area contributed by atoms with Gasteiger partial charge in [0.15, 0.2) is 0 Å². The molecule has 4 N–H and O–H groups in total. The van der Waals surface area contributed by atoms with Crippen LogP contribution in [0.1, 0.15) is 42.1 Å². The number of carbonyl (C=O) groups excluding carboxylic acids is 1. The number of nitrogen functional groups attached to an aromatic ring is 1. The molecule has 0 aliphatic carbocycles. The Morgan fingerprint density at radius 1 is 1.32 bits per heavy atom. The van der Waals surface area contributed by atoms with E-state index >= 15 is 0 Å². The van der Waals surface area contributed by atoms with Crippen molar-refractivity contribution in [3.05, 3.63) is 40.6 Å². The number of aryl methyl sites for hydroxylation is 1. The van der Waals surface area contributed by atoms with Gasteiger partial charge < -0.3 is 25.4 Å². The minimum atomic E-state index is -4.53. The van der Waals surface area contributed by atoms with Crippen molar-refractivity contribution < 1.29 is 32.5 Å². The van der Waals surface area contributed by atoms with Gasteiger partial charge in [-0.2, -0.15) is 13.8 Å². The zero-order valence-electron chi connectivity index (χ0n) is 19.7. The summed E-state index contributed by atoms with van der Waals surface area (Å²) in [6.07, 6.45) is -0.326. The Hall–Kier alpha value is -2.78. The van der Waals surface area contributed by atoms with Crippen molar-refractivity contribution >= 4 is 25.1 Å². The normalized spacial score (nSPS) is 13.3. The lowest BCUT2D eigenvalue weighted by Crippen LogP contribution is -2.18. The van der Waals surface area contributed by atoms with E-state index in [0.29, 0.717) is 42.5 Å². The lowest BCUT2D eigenvalue weighted by molar-refractivity contribution is -0.142. The van der Waals surface area contributed by atoms with Crippen LogP contribution in [-0.2, 0) is 26.9 Å². The Morgan fingerprint density at radius 3 is 2.65 bits per heavy atom. The summed E-state index contributed by atoms with van der Waals surface area (Å²) in [6.45, 7) is 4.54. The zero-order chi connectivity index (χ0) is 25.5. The summed E-state index contributed by atoms with van der Waals surface area (Å²) >= 11 is 0. The van der Waals surface area contributed by atoms with Crippen LogP contribution in [0.25, 0.3) is 0 Å². The van der Waals surface area contributed by atoms with E-state index in [9.17, 15) is 23.0 Å². The fourth-order valence-corrected chi connectivity index (χ4v) is 3.88. The smallest absolute Gasteiger partial charge is 0.321 e. The van der Waals surface area contributed by atoms with Crippen molar-refractivity contribution in [1.82, 2.24) is 9.97 Å². The molecule has 34 heavy (non-hydrogen) atoms. The van der Waals surface area contributed by atoms with E-state index in [4.69, 9.17) is 15.2 Å². The number of hydrogen-bond acceptors (Lipinski definition) is 8. The summed E-state index contributed by atoms with van der Waals surface area (Å²) in [5, 5.41) is 2.99. The summed E-state index contributed by atoms with van der Waals surface area (Å²) in [5.74, 6) is 0.636. The number of anilines is 2. The maximum absolute atomic E-state index is 13.8. The highest BCUT2D eigenvalue weighted by Gasteiger charge is 2.44. The Labute approximate surface area is 197 Å². The van der Waals surface area contributed by atoms with Gasteiger partial charge in [0.05, 0.1) is 20.1 Å². The molecule has 0 amide bonds. The number of nitrogens with two attached hydrogens (primary N) is 1. The molecule has 9 nitrogen and oxygen atoms in total. The number of halogens is 2.